The number of halogens is 1. The molecule has 1 aromatic rings. The molecule has 0 amide bonds. The number of hydrogen-bond acceptors (Lipinski definition) is 3. The minimum atomic E-state index is -0.172. The van der Waals surface area contributed by atoms with Crippen LogP contribution in [0.5, 0.6) is 0 Å². The van der Waals surface area contributed by atoms with E-state index in [1.165, 1.54) is 25.9 Å². The van der Waals surface area contributed by atoms with E-state index in [2.05, 4.69) is 16.8 Å². The summed E-state index contributed by atoms with van der Waals surface area (Å²) in [4.78, 5) is 4.68. The number of nitrogens with zero attached hydrogens (tertiary/aromatic N) is 2. The third kappa shape index (κ3) is 3.49. The molecular weight excluding hydrogens is 253 g/mol. The first-order chi connectivity index (χ1) is 9.49. The lowest BCUT2D eigenvalue weighted by atomic mass is 10.0. The van der Waals surface area contributed by atoms with E-state index in [0.29, 0.717) is 5.56 Å². The van der Waals surface area contributed by atoms with Crippen molar-refractivity contribution in [3.63, 3.8) is 0 Å². The third-order valence-corrected chi connectivity index (χ3v) is 4.16. The Kier molecular flexibility index (Phi) is 5.00. The zero-order valence-electron chi connectivity index (χ0n) is 12.8. The maximum Gasteiger partial charge on any atom is 0.126 e. The van der Waals surface area contributed by atoms with E-state index in [1.54, 1.807) is 13.0 Å². The van der Waals surface area contributed by atoms with Crippen molar-refractivity contribution in [2.75, 3.05) is 38.1 Å². The fourth-order valence-corrected chi connectivity index (χ4v) is 2.80. The highest BCUT2D eigenvalue weighted by Crippen LogP contribution is 2.27. The quantitative estimate of drug-likeness (QED) is 0.899. The van der Waals surface area contributed by atoms with Gasteiger partial charge in [-0.05, 0) is 63.0 Å². The van der Waals surface area contributed by atoms with Gasteiger partial charge in [-0.1, -0.05) is 0 Å². The molecule has 1 aliphatic heterocycles. The second-order valence-corrected chi connectivity index (χ2v) is 5.92. The molecule has 2 N–H and O–H groups in total. The van der Waals surface area contributed by atoms with Crippen molar-refractivity contribution in [1.29, 1.82) is 0 Å². The zero-order valence-corrected chi connectivity index (χ0v) is 12.8. The van der Waals surface area contributed by atoms with Gasteiger partial charge in [-0.3, -0.25) is 0 Å². The number of rotatable bonds is 5. The Labute approximate surface area is 121 Å². The van der Waals surface area contributed by atoms with Crippen molar-refractivity contribution in [3.8, 4) is 0 Å². The molecule has 1 heterocycles. The average molecular weight is 279 g/mol. The lowest BCUT2D eigenvalue weighted by Crippen LogP contribution is -2.32. The van der Waals surface area contributed by atoms with E-state index in [9.17, 15) is 4.39 Å². The van der Waals surface area contributed by atoms with E-state index in [-0.39, 0.29) is 11.9 Å². The molecule has 1 saturated heterocycles. The second-order valence-electron chi connectivity index (χ2n) is 5.92. The molecule has 1 fully saturated rings. The maximum absolute atomic E-state index is 13.7. The highest BCUT2D eigenvalue weighted by molar-refractivity contribution is 5.56. The van der Waals surface area contributed by atoms with Gasteiger partial charge in [0, 0.05) is 31.9 Å². The van der Waals surface area contributed by atoms with E-state index in [0.717, 1.165) is 24.3 Å². The molecule has 0 radical (unpaired) electrons. The summed E-state index contributed by atoms with van der Waals surface area (Å²) in [5.41, 5.74) is 8.60. The Balaban J connectivity index is 2.10. The minimum absolute atomic E-state index is 0.158. The van der Waals surface area contributed by atoms with Crippen LogP contribution in [0.4, 0.5) is 10.1 Å². The standard InChI is InChI=1S/C16H26FN3/c1-12-10-16(14(13(2)18)11-15(12)17)19(3)8-9-20-6-4-5-7-20/h10-11,13H,4-9,18H2,1-3H3/t13-/m1/s1. The largest absolute Gasteiger partial charge is 0.373 e. The molecular formula is C16H26FN3. The average Bonchev–Trinajstić information content (AvgIpc) is 2.91. The van der Waals surface area contributed by atoms with Gasteiger partial charge in [-0.25, -0.2) is 4.39 Å². The van der Waals surface area contributed by atoms with Crippen LogP contribution in [0.1, 0.15) is 36.9 Å². The maximum atomic E-state index is 13.7. The van der Waals surface area contributed by atoms with Crippen LogP contribution in [0.25, 0.3) is 0 Å². The number of nitrogens with two attached hydrogens (primary N) is 1. The van der Waals surface area contributed by atoms with Crippen molar-refractivity contribution in [3.05, 3.63) is 29.1 Å². The summed E-state index contributed by atoms with van der Waals surface area (Å²) >= 11 is 0. The number of benzene rings is 1. The van der Waals surface area contributed by atoms with Gasteiger partial charge in [0.25, 0.3) is 0 Å². The first-order valence-electron chi connectivity index (χ1n) is 7.48. The number of aryl methyl sites for hydroxylation is 1. The molecule has 1 aromatic carbocycles. The molecule has 1 aliphatic rings. The SMILES string of the molecule is Cc1cc(N(C)CCN2CCCC2)c([C@@H](C)N)cc1F. The summed E-state index contributed by atoms with van der Waals surface area (Å²) in [7, 11) is 2.06. The van der Waals surface area contributed by atoms with Crippen LogP contribution >= 0.6 is 0 Å². The van der Waals surface area contributed by atoms with Crippen molar-refractivity contribution in [2.45, 2.75) is 32.7 Å². The van der Waals surface area contributed by atoms with Gasteiger partial charge in [0.15, 0.2) is 0 Å². The van der Waals surface area contributed by atoms with E-state index < -0.39 is 0 Å². The zero-order chi connectivity index (χ0) is 14.7. The van der Waals surface area contributed by atoms with Crippen LogP contribution in [0.3, 0.4) is 0 Å². The highest BCUT2D eigenvalue weighted by atomic mass is 19.1. The molecule has 0 unspecified atom stereocenters. The van der Waals surface area contributed by atoms with E-state index >= 15 is 0 Å². The Hall–Kier alpha value is -1.13. The Morgan fingerprint density at radius 1 is 1.35 bits per heavy atom. The monoisotopic (exact) mass is 279 g/mol. The van der Waals surface area contributed by atoms with Crippen LogP contribution in [-0.2, 0) is 0 Å². The topological polar surface area (TPSA) is 32.5 Å². The summed E-state index contributed by atoms with van der Waals surface area (Å²) in [6.07, 6.45) is 2.62. The molecule has 112 valence electrons. The first-order valence-corrected chi connectivity index (χ1v) is 7.48. The molecule has 1 atom stereocenters. The third-order valence-electron chi connectivity index (χ3n) is 4.16. The molecule has 0 spiro atoms. The van der Waals surface area contributed by atoms with Crippen LogP contribution in [-0.4, -0.2) is 38.1 Å². The van der Waals surface area contributed by atoms with Gasteiger partial charge in [-0.2, -0.15) is 0 Å². The Bertz CT molecular complexity index is 453. The molecule has 20 heavy (non-hydrogen) atoms. The number of likely N-dealkylation sites (tertiary alicyclic amines) is 1. The molecule has 0 saturated carbocycles. The van der Waals surface area contributed by atoms with Crippen LogP contribution in [0, 0.1) is 12.7 Å². The summed E-state index contributed by atoms with van der Waals surface area (Å²) < 4.78 is 13.7. The molecule has 0 bridgehead atoms. The van der Waals surface area contributed by atoms with Gasteiger partial charge in [0.1, 0.15) is 5.82 Å². The van der Waals surface area contributed by atoms with Crippen LogP contribution < -0.4 is 10.6 Å². The summed E-state index contributed by atoms with van der Waals surface area (Å²) in [5.74, 6) is -0.172. The van der Waals surface area contributed by atoms with Gasteiger partial charge in [0.2, 0.25) is 0 Å². The molecule has 4 heteroatoms. The number of likely N-dealkylation sites (N-methyl/N-ethyl adjacent to an activating group) is 1. The summed E-state index contributed by atoms with van der Waals surface area (Å²) in [6.45, 7) is 8.13. The number of anilines is 1. The summed E-state index contributed by atoms with van der Waals surface area (Å²) in [6, 6.07) is 3.34. The number of hydrogen-bond donors (Lipinski definition) is 1. The Morgan fingerprint density at radius 2 is 2.00 bits per heavy atom. The molecule has 3 nitrogen and oxygen atoms in total. The van der Waals surface area contributed by atoms with E-state index in [4.69, 9.17) is 5.73 Å². The van der Waals surface area contributed by atoms with Gasteiger partial charge in [-0.15, -0.1) is 0 Å². The first kappa shape index (κ1) is 15.3. The van der Waals surface area contributed by atoms with E-state index in [1.807, 2.05) is 13.0 Å². The van der Waals surface area contributed by atoms with Crippen molar-refractivity contribution in [1.82, 2.24) is 4.90 Å². The van der Waals surface area contributed by atoms with Crippen molar-refractivity contribution < 1.29 is 4.39 Å². The minimum Gasteiger partial charge on any atom is -0.373 e. The predicted octanol–water partition coefficient (Wildman–Crippen LogP) is 2.69. The van der Waals surface area contributed by atoms with Gasteiger partial charge < -0.3 is 15.5 Å². The fraction of sp³-hybridized carbons (Fsp3) is 0.625. The lowest BCUT2D eigenvalue weighted by Gasteiger charge is -2.27. The fourth-order valence-electron chi connectivity index (χ4n) is 2.80. The van der Waals surface area contributed by atoms with Crippen molar-refractivity contribution in [2.24, 2.45) is 5.73 Å². The normalized spacial score (nSPS) is 17.4. The van der Waals surface area contributed by atoms with Gasteiger partial charge >= 0.3 is 0 Å². The molecule has 2 rings (SSSR count). The van der Waals surface area contributed by atoms with Crippen molar-refractivity contribution >= 4 is 5.69 Å². The summed E-state index contributed by atoms with van der Waals surface area (Å²) in [5, 5.41) is 0. The smallest absolute Gasteiger partial charge is 0.126 e. The van der Waals surface area contributed by atoms with Gasteiger partial charge in [0.05, 0.1) is 0 Å². The lowest BCUT2D eigenvalue weighted by molar-refractivity contribution is 0.346. The molecule has 0 aromatic heterocycles. The van der Waals surface area contributed by atoms with Crippen LogP contribution in [0.15, 0.2) is 12.1 Å². The highest BCUT2D eigenvalue weighted by Gasteiger charge is 2.16. The Morgan fingerprint density at radius 3 is 2.60 bits per heavy atom. The van der Waals surface area contributed by atoms with Crippen LogP contribution in [0.2, 0.25) is 0 Å². The second kappa shape index (κ2) is 6.55. The predicted molar refractivity (Wildman–Crippen MR) is 82.7 cm³/mol. The molecule has 0 aliphatic carbocycles.